The number of carbonyl (C=O) groups is 1. The van der Waals surface area contributed by atoms with E-state index in [-0.39, 0.29) is 27.3 Å². The maximum atomic E-state index is 12.5. The molecule has 0 spiro atoms. The minimum atomic E-state index is -3.42. The van der Waals surface area contributed by atoms with Crippen LogP contribution in [-0.2, 0) is 21.2 Å². The molecule has 164 valence electrons. The summed E-state index contributed by atoms with van der Waals surface area (Å²) in [4.78, 5) is 12.5. The normalized spacial score (nSPS) is 11.5. The van der Waals surface area contributed by atoms with Crippen LogP contribution in [0.1, 0.15) is 13.3 Å². The molecule has 0 aliphatic rings. The number of rotatable bonds is 8. The number of amides is 1. The Hall–Kier alpha value is -2.07. The van der Waals surface area contributed by atoms with Crippen LogP contribution in [0.15, 0.2) is 52.5 Å². The highest BCUT2D eigenvalue weighted by molar-refractivity contribution is 7.99. The van der Waals surface area contributed by atoms with Crippen molar-refractivity contribution in [3.63, 3.8) is 0 Å². The van der Waals surface area contributed by atoms with Gasteiger partial charge in [0, 0.05) is 23.4 Å². The fraction of sp³-hybridized carbons (Fsp3) is 0.250. The van der Waals surface area contributed by atoms with Crippen molar-refractivity contribution >= 4 is 56.4 Å². The Labute approximate surface area is 195 Å². The fourth-order valence-corrected chi connectivity index (χ4v) is 4.48. The van der Waals surface area contributed by atoms with Crippen molar-refractivity contribution in [3.05, 3.63) is 52.5 Å². The van der Waals surface area contributed by atoms with E-state index < -0.39 is 9.84 Å². The number of nitrogens with zero attached hydrogens (tertiary/aromatic N) is 3. The zero-order valence-corrected chi connectivity index (χ0v) is 19.9. The summed E-state index contributed by atoms with van der Waals surface area (Å²) in [7, 11) is -3.42. The van der Waals surface area contributed by atoms with Crippen molar-refractivity contribution in [1.82, 2.24) is 14.8 Å². The lowest BCUT2D eigenvalue weighted by Crippen LogP contribution is -2.15. The van der Waals surface area contributed by atoms with E-state index in [0.29, 0.717) is 22.5 Å². The second-order valence-corrected chi connectivity index (χ2v) is 10.5. The molecule has 0 saturated carbocycles. The van der Waals surface area contributed by atoms with Gasteiger partial charge in [-0.1, -0.05) is 41.9 Å². The number of hydrogen-bond acceptors (Lipinski definition) is 6. The van der Waals surface area contributed by atoms with Gasteiger partial charge in [0.25, 0.3) is 0 Å². The van der Waals surface area contributed by atoms with E-state index in [0.717, 1.165) is 18.2 Å². The molecule has 0 atom stereocenters. The average molecular weight is 499 g/mol. The number of thioether (sulfide) groups is 1. The van der Waals surface area contributed by atoms with Crippen molar-refractivity contribution in [2.24, 2.45) is 0 Å². The predicted octanol–water partition coefficient (Wildman–Crippen LogP) is 4.80. The van der Waals surface area contributed by atoms with E-state index >= 15 is 0 Å². The van der Waals surface area contributed by atoms with Crippen LogP contribution in [0.2, 0.25) is 10.0 Å². The van der Waals surface area contributed by atoms with E-state index in [2.05, 4.69) is 15.5 Å². The molecule has 7 nitrogen and oxygen atoms in total. The zero-order chi connectivity index (χ0) is 22.6. The van der Waals surface area contributed by atoms with E-state index in [9.17, 15) is 13.2 Å². The lowest BCUT2D eigenvalue weighted by atomic mass is 10.2. The van der Waals surface area contributed by atoms with Crippen molar-refractivity contribution in [1.29, 1.82) is 0 Å². The second-order valence-electron chi connectivity index (χ2n) is 6.72. The van der Waals surface area contributed by atoms with Gasteiger partial charge >= 0.3 is 0 Å². The summed E-state index contributed by atoms with van der Waals surface area (Å²) < 4.78 is 25.4. The first kappa shape index (κ1) is 23.6. The lowest BCUT2D eigenvalue weighted by molar-refractivity contribution is -0.113. The van der Waals surface area contributed by atoms with Crippen LogP contribution >= 0.6 is 35.0 Å². The van der Waals surface area contributed by atoms with E-state index in [1.165, 1.54) is 30.0 Å². The van der Waals surface area contributed by atoms with Crippen LogP contribution < -0.4 is 5.32 Å². The highest BCUT2D eigenvalue weighted by atomic mass is 35.5. The number of halogens is 2. The standard InChI is InChI=1S/C20H20Cl2N4O3S2/c1-3-10-26-19(13-4-6-14(21)7-5-13)24-25-20(26)30-12-18(27)23-17-11-15(31(2,28)29)8-9-16(17)22/h4-9,11H,3,10,12H2,1-2H3,(H,23,27). The third-order valence-electron chi connectivity index (χ3n) is 4.24. The van der Waals surface area contributed by atoms with Gasteiger partial charge in [0.05, 0.1) is 21.4 Å². The number of hydrogen-bond donors (Lipinski definition) is 1. The van der Waals surface area contributed by atoms with Crippen LogP contribution in [0.5, 0.6) is 0 Å². The molecule has 0 bridgehead atoms. The molecule has 31 heavy (non-hydrogen) atoms. The Morgan fingerprint density at radius 3 is 2.48 bits per heavy atom. The van der Waals surface area contributed by atoms with Gasteiger partial charge in [-0.2, -0.15) is 0 Å². The van der Waals surface area contributed by atoms with Crippen LogP contribution in [0.4, 0.5) is 5.69 Å². The number of nitrogens with one attached hydrogen (secondary N) is 1. The van der Waals surface area contributed by atoms with Crippen molar-refractivity contribution in [3.8, 4) is 11.4 Å². The molecule has 0 aliphatic heterocycles. The largest absolute Gasteiger partial charge is 0.324 e. The molecule has 1 amide bonds. The van der Waals surface area contributed by atoms with Gasteiger partial charge in [0.1, 0.15) is 0 Å². The summed E-state index contributed by atoms with van der Waals surface area (Å²) in [6.45, 7) is 2.74. The minimum Gasteiger partial charge on any atom is -0.324 e. The summed E-state index contributed by atoms with van der Waals surface area (Å²) in [6, 6.07) is 11.5. The number of carbonyl (C=O) groups excluding carboxylic acids is 1. The molecule has 0 saturated heterocycles. The Morgan fingerprint density at radius 1 is 1.13 bits per heavy atom. The van der Waals surface area contributed by atoms with Gasteiger partial charge < -0.3 is 9.88 Å². The van der Waals surface area contributed by atoms with E-state index in [4.69, 9.17) is 23.2 Å². The molecule has 3 aromatic rings. The molecular weight excluding hydrogens is 479 g/mol. The molecular formula is C20H20Cl2N4O3S2. The molecule has 0 unspecified atom stereocenters. The highest BCUT2D eigenvalue weighted by Gasteiger charge is 2.17. The van der Waals surface area contributed by atoms with E-state index in [1.54, 1.807) is 12.1 Å². The third kappa shape index (κ3) is 6.00. The van der Waals surface area contributed by atoms with E-state index in [1.807, 2.05) is 23.6 Å². The Morgan fingerprint density at radius 2 is 1.84 bits per heavy atom. The smallest absolute Gasteiger partial charge is 0.234 e. The van der Waals surface area contributed by atoms with Gasteiger partial charge in [0.15, 0.2) is 20.8 Å². The van der Waals surface area contributed by atoms with Gasteiger partial charge in [-0.15, -0.1) is 10.2 Å². The first-order valence-corrected chi connectivity index (χ1v) is 12.9. The van der Waals surface area contributed by atoms with Crippen molar-refractivity contribution in [2.45, 2.75) is 29.9 Å². The first-order chi connectivity index (χ1) is 14.7. The van der Waals surface area contributed by atoms with Gasteiger partial charge in [-0.25, -0.2) is 8.42 Å². The highest BCUT2D eigenvalue weighted by Crippen LogP contribution is 2.28. The van der Waals surface area contributed by atoms with Crippen LogP contribution in [0, 0.1) is 0 Å². The van der Waals surface area contributed by atoms with Crippen molar-refractivity contribution in [2.75, 3.05) is 17.3 Å². The topological polar surface area (TPSA) is 94.0 Å². The monoisotopic (exact) mass is 498 g/mol. The molecule has 11 heteroatoms. The molecule has 1 aromatic heterocycles. The van der Waals surface area contributed by atoms with Crippen LogP contribution in [0.3, 0.4) is 0 Å². The summed E-state index contributed by atoms with van der Waals surface area (Å²) in [6.07, 6.45) is 1.96. The number of benzene rings is 2. The number of sulfone groups is 1. The van der Waals surface area contributed by atoms with Crippen LogP contribution in [-0.4, -0.2) is 41.1 Å². The first-order valence-electron chi connectivity index (χ1n) is 9.30. The Balaban J connectivity index is 1.74. The summed E-state index contributed by atoms with van der Waals surface area (Å²) in [5.41, 5.74) is 1.12. The summed E-state index contributed by atoms with van der Waals surface area (Å²) >= 11 is 13.3. The third-order valence-corrected chi connectivity index (χ3v) is 6.90. The SMILES string of the molecule is CCCn1c(SCC(=O)Nc2cc(S(C)(=O)=O)ccc2Cl)nnc1-c1ccc(Cl)cc1. The molecule has 1 heterocycles. The maximum absolute atomic E-state index is 12.5. The Kier molecular flexibility index (Phi) is 7.64. The Bertz CT molecular complexity index is 1200. The molecule has 3 rings (SSSR count). The quantitative estimate of drug-likeness (QED) is 0.448. The molecule has 0 fully saturated rings. The number of aromatic nitrogens is 3. The van der Waals surface area contributed by atoms with Gasteiger partial charge in [-0.3, -0.25) is 4.79 Å². The molecule has 2 aromatic carbocycles. The van der Waals surface area contributed by atoms with Crippen molar-refractivity contribution < 1.29 is 13.2 Å². The zero-order valence-electron chi connectivity index (χ0n) is 16.8. The second kappa shape index (κ2) is 10.0. The summed E-state index contributed by atoms with van der Waals surface area (Å²) in [5.74, 6) is 0.420. The molecule has 0 radical (unpaired) electrons. The van der Waals surface area contributed by atoms with Gasteiger partial charge in [0.2, 0.25) is 5.91 Å². The number of anilines is 1. The fourth-order valence-electron chi connectivity index (χ4n) is 2.78. The lowest BCUT2D eigenvalue weighted by Gasteiger charge is -2.10. The van der Waals surface area contributed by atoms with Crippen LogP contribution in [0.25, 0.3) is 11.4 Å². The summed E-state index contributed by atoms with van der Waals surface area (Å²) in [5, 5.41) is 12.7. The minimum absolute atomic E-state index is 0.0574. The maximum Gasteiger partial charge on any atom is 0.234 e. The average Bonchev–Trinajstić information content (AvgIpc) is 3.11. The van der Waals surface area contributed by atoms with Gasteiger partial charge in [-0.05, 0) is 48.9 Å². The molecule has 0 aliphatic carbocycles. The predicted molar refractivity (Wildman–Crippen MR) is 125 cm³/mol. The molecule has 1 N–H and O–H groups in total.